The van der Waals surface area contributed by atoms with E-state index in [-0.39, 0.29) is 10.8 Å². The van der Waals surface area contributed by atoms with Gasteiger partial charge in [0.2, 0.25) is 10.0 Å². The number of methoxy groups -OCH3 is 2. The van der Waals surface area contributed by atoms with Crippen LogP contribution >= 0.6 is 32.9 Å². The summed E-state index contributed by atoms with van der Waals surface area (Å²) in [6.07, 6.45) is 0.525. The SMILES string of the molecule is COc1ccc(CN(CCc2ccc(S(N)(=O)=O)cc2)C(=O)c2ccc(-c3cssc3=S)cc2)cc1OC. The lowest BCUT2D eigenvalue weighted by molar-refractivity contribution is 0.0745. The van der Waals surface area contributed by atoms with Gasteiger partial charge in [-0.1, -0.05) is 63.2 Å². The molecule has 0 spiro atoms. The number of hydrogen-bond acceptors (Lipinski definition) is 8. The summed E-state index contributed by atoms with van der Waals surface area (Å²) < 4.78 is 34.8. The molecule has 1 amide bonds. The Kier molecular flexibility index (Phi) is 8.95. The van der Waals surface area contributed by atoms with E-state index in [0.29, 0.717) is 36.6 Å². The Morgan fingerprint density at radius 3 is 2.18 bits per heavy atom. The molecule has 4 aromatic rings. The van der Waals surface area contributed by atoms with Crippen LogP contribution in [-0.4, -0.2) is 40.0 Å². The number of rotatable bonds is 10. The molecule has 1 heterocycles. The fourth-order valence-corrected chi connectivity index (χ4v) is 6.84. The first-order chi connectivity index (χ1) is 18.2. The highest BCUT2D eigenvalue weighted by Gasteiger charge is 2.18. The van der Waals surface area contributed by atoms with Crippen molar-refractivity contribution in [2.45, 2.75) is 17.9 Å². The van der Waals surface area contributed by atoms with Gasteiger partial charge in [-0.05, 0) is 59.5 Å². The van der Waals surface area contributed by atoms with Gasteiger partial charge in [0.05, 0.1) is 19.1 Å². The minimum Gasteiger partial charge on any atom is -0.493 e. The smallest absolute Gasteiger partial charge is 0.254 e. The van der Waals surface area contributed by atoms with Crippen molar-refractivity contribution in [2.75, 3.05) is 20.8 Å². The molecule has 0 aliphatic heterocycles. The third-order valence-corrected chi connectivity index (χ3v) is 9.58. The minimum absolute atomic E-state index is 0.0493. The number of hydrogen-bond donors (Lipinski definition) is 1. The number of benzene rings is 3. The average molecular weight is 587 g/mol. The Hall–Kier alpha value is -3.09. The molecule has 0 unspecified atom stereocenters. The van der Waals surface area contributed by atoms with Crippen molar-refractivity contribution in [2.24, 2.45) is 5.14 Å². The van der Waals surface area contributed by atoms with E-state index in [1.54, 1.807) is 51.9 Å². The van der Waals surface area contributed by atoms with Crippen LogP contribution in [0, 0.1) is 3.82 Å². The molecule has 0 atom stereocenters. The molecule has 0 radical (unpaired) electrons. The summed E-state index contributed by atoms with van der Waals surface area (Å²) in [6.45, 7) is 0.755. The number of carbonyl (C=O) groups is 1. The van der Waals surface area contributed by atoms with Gasteiger partial charge in [0.1, 0.15) is 3.82 Å². The van der Waals surface area contributed by atoms with E-state index in [4.69, 9.17) is 26.8 Å². The molecule has 11 heteroatoms. The average Bonchev–Trinajstić information content (AvgIpc) is 3.36. The Labute approximate surface area is 234 Å². The second-order valence-electron chi connectivity index (χ2n) is 8.43. The van der Waals surface area contributed by atoms with E-state index in [9.17, 15) is 13.2 Å². The first-order valence-corrected chi connectivity index (χ1v) is 15.7. The monoisotopic (exact) mass is 586 g/mol. The summed E-state index contributed by atoms with van der Waals surface area (Å²) in [7, 11) is 2.52. The highest BCUT2D eigenvalue weighted by molar-refractivity contribution is 7.89. The van der Waals surface area contributed by atoms with E-state index in [1.807, 2.05) is 47.8 Å². The summed E-state index contributed by atoms with van der Waals surface area (Å²) in [5.41, 5.74) is 4.30. The number of primary sulfonamides is 1. The number of ether oxygens (including phenoxy) is 2. The van der Waals surface area contributed by atoms with E-state index in [2.05, 4.69) is 0 Å². The molecule has 3 aromatic carbocycles. The van der Waals surface area contributed by atoms with Crippen LogP contribution in [0.2, 0.25) is 0 Å². The van der Waals surface area contributed by atoms with Gasteiger partial charge >= 0.3 is 0 Å². The van der Waals surface area contributed by atoms with Gasteiger partial charge in [-0.15, -0.1) is 0 Å². The molecular weight excluding hydrogens is 561 g/mol. The number of amides is 1. The maximum absolute atomic E-state index is 13.7. The third-order valence-electron chi connectivity index (χ3n) is 5.98. The zero-order chi connectivity index (χ0) is 27.3. The van der Waals surface area contributed by atoms with Crippen molar-refractivity contribution < 1.29 is 22.7 Å². The first-order valence-electron chi connectivity index (χ1n) is 11.5. The van der Waals surface area contributed by atoms with Crippen LogP contribution in [0.25, 0.3) is 11.1 Å². The summed E-state index contributed by atoms with van der Waals surface area (Å²) in [5.74, 6) is 1.06. The zero-order valence-electron chi connectivity index (χ0n) is 20.7. The molecule has 198 valence electrons. The van der Waals surface area contributed by atoms with Crippen LogP contribution < -0.4 is 14.6 Å². The molecule has 0 saturated carbocycles. The van der Waals surface area contributed by atoms with Crippen molar-refractivity contribution in [3.05, 3.63) is 92.6 Å². The van der Waals surface area contributed by atoms with Crippen LogP contribution in [-0.2, 0) is 23.0 Å². The first kappa shape index (κ1) is 27.9. The van der Waals surface area contributed by atoms with Crippen LogP contribution in [0.3, 0.4) is 0 Å². The van der Waals surface area contributed by atoms with E-state index < -0.39 is 10.0 Å². The minimum atomic E-state index is -3.77. The number of nitrogens with zero attached hydrogens (tertiary/aromatic N) is 1. The second-order valence-corrected chi connectivity index (χ2v) is 12.7. The molecule has 2 N–H and O–H groups in total. The zero-order valence-corrected chi connectivity index (χ0v) is 24.0. The van der Waals surface area contributed by atoms with Crippen molar-refractivity contribution in [1.82, 2.24) is 4.90 Å². The maximum atomic E-state index is 13.7. The quantitative estimate of drug-likeness (QED) is 0.188. The lowest BCUT2D eigenvalue weighted by Crippen LogP contribution is -2.32. The highest BCUT2D eigenvalue weighted by Crippen LogP contribution is 2.30. The van der Waals surface area contributed by atoms with Gasteiger partial charge in [-0.2, -0.15) is 0 Å². The Bertz CT molecular complexity index is 1580. The molecule has 0 aliphatic carbocycles. The highest BCUT2D eigenvalue weighted by atomic mass is 32.9. The van der Waals surface area contributed by atoms with Gasteiger partial charge in [0, 0.05) is 29.6 Å². The van der Waals surface area contributed by atoms with Crippen LogP contribution in [0.4, 0.5) is 0 Å². The Morgan fingerprint density at radius 1 is 0.947 bits per heavy atom. The molecule has 0 aliphatic rings. The van der Waals surface area contributed by atoms with E-state index in [1.165, 1.54) is 12.1 Å². The molecule has 7 nitrogen and oxygen atoms in total. The van der Waals surface area contributed by atoms with Gasteiger partial charge in [0.25, 0.3) is 5.91 Å². The van der Waals surface area contributed by atoms with Gasteiger partial charge < -0.3 is 14.4 Å². The lowest BCUT2D eigenvalue weighted by atomic mass is 10.1. The molecule has 0 bridgehead atoms. The van der Waals surface area contributed by atoms with Crippen molar-refractivity contribution in [3.8, 4) is 22.6 Å². The summed E-state index contributed by atoms with van der Waals surface area (Å²) >= 11 is 5.41. The number of sulfonamides is 1. The molecular formula is C27H26N2O5S4. The maximum Gasteiger partial charge on any atom is 0.254 e. The topological polar surface area (TPSA) is 98.9 Å². The van der Waals surface area contributed by atoms with Crippen LogP contribution in [0.15, 0.2) is 77.0 Å². The summed E-state index contributed by atoms with van der Waals surface area (Å²) in [5, 5.41) is 7.23. The number of nitrogens with two attached hydrogens (primary N) is 1. The number of carbonyl (C=O) groups excluding carboxylic acids is 1. The normalized spacial score (nSPS) is 11.2. The standard InChI is InChI=1S/C27H26N2O5S4/c1-33-24-12-5-19(15-25(24)34-2)16-29(14-13-18-3-10-22(11-4-18)38(28,31)32)26(30)21-8-6-20(7-9-21)23-17-36-37-27(23)35/h3-12,15,17H,13-14,16H2,1-2H3,(H2,28,31,32). The molecule has 0 saturated heterocycles. The molecule has 1 aromatic heterocycles. The Balaban J connectivity index is 1.58. The van der Waals surface area contributed by atoms with Crippen molar-refractivity contribution >= 4 is 48.8 Å². The van der Waals surface area contributed by atoms with E-state index >= 15 is 0 Å². The van der Waals surface area contributed by atoms with Crippen molar-refractivity contribution in [3.63, 3.8) is 0 Å². The predicted molar refractivity (Wildman–Crippen MR) is 154 cm³/mol. The Morgan fingerprint density at radius 2 is 1.61 bits per heavy atom. The fourth-order valence-electron chi connectivity index (χ4n) is 3.93. The van der Waals surface area contributed by atoms with Gasteiger partial charge in [0.15, 0.2) is 11.5 Å². The fraction of sp³-hybridized carbons (Fsp3) is 0.185. The molecule has 4 rings (SSSR count). The second kappa shape index (κ2) is 12.2. The molecule has 38 heavy (non-hydrogen) atoms. The predicted octanol–water partition coefficient (Wildman–Crippen LogP) is 5.76. The van der Waals surface area contributed by atoms with Crippen molar-refractivity contribution in [1.29, 1.82) is 0 Å². The van der Waals surface area contributed by atoms with Crippen LogP contribution in [0.1, 0.15) is 21.5 Å². The largest absolute Gasteiger partial charge is 0.493 e. The van der Waals surface area contributed by atoms with E-state index in [0.717, 1.165) is 26.1 Å². The molecule has 0 fully saturated rings. The van der Waals surface area contributed by atoms with Gasteiger partial charge in [-0.25, -0.2) is 13.6 Å². The third kappa shape index (κ3) is 6.66. The van der Waals surface area contributed by atoms with Gasteiger partial charge in [-0.3, -0.25) is 4.79 Å². The summed E-state index contributed by atoms with van der Waals surface area (Å²) in [4.78, 5) is 15.5. The lowest BCUT2D eigenvalue weighted by Gasteiger charge is -2.24. The van der Waals surface area contributed by atoms with Crippen LogP contribution in [0.5, 0.6) is 11.5 Å². The summed E-state index contributed by atoms with van der Waals surface area (Å²) in [6, 6.07) is 19.4.